The van der Waals surface area contributed by atoms with Crippen LogP contribution in [0.1, 0.15) is 56.7 Å². The molecule has 0 aliphatic carbocycles. The third-order valence-corrected chi connectivity index (χ3v) is 7.61. The second-order valence-corrected chi connectivity index (χ2v) is 11.7. The molecule has 2 aromatic carbocycles. The number of rotatable bonds is 12. The Kier molecular flexibility index (Phi) is 10.8. The lowest BCUT2D eigenvalue weighted by molar-refractivity contribution is -0.141. The molecule has 1 atom stereocenters. The zero-order chi connectivity index (χ0) is 27.0. The second kappa shape index (κ2) is 13.1. The molecule has 0 saturated carbocycles. The Balaban J connectivity index is 2.24. The fraction of sp³-hybridized carbons (Fsp3) is 0.481. The molecule has 0 spiro atoms. The number of nitrogens with one attached hydrogen (secondary N) is 1. The van der Waals surface area contributed by atoms with Crippen LogP contribution in [0.3, 0.4) is 0 Å². The van der Waals surface area contributed by atoms with Crippen molar-refractivity contribution >= 4 is 39.1 Å². The molecule has 2 aromatic rings. The van der Waals surface area contributed by atoms with Crippen LogP contribution in [-0.4, -0.2) is 50.0 Å². The minimum Gasteiger partial charge on any atom is -0.352 e. The number of carbonyl (C=O) groups is 2. The van der Waals surface area contributed by atoms with Gasteiger partial charge in [0.2, 0.25) is 21.8 Å². The molecule has 0 aliphatic rings. The van der Waals surface area contributed by atoms with Crippen molar-refractivity contribution in [2.24, 2.45) is 0 Å². The number of nitrogens with zero attached hydrogens (tertiary/aromatic N) is 2. The second-order valence-electron chi connectivity index (χ2n) is 9.41. The van der Waals surface area contributed by atoms with Crippen LogP contribution < -0.4 is 9.62 Å². The van der Waals surface area contributed by atoms with Gasteiger partial charge in [-0.15, -0.1) is 0 Å². The zero-order valence-corrected chi connectivity index (χ0v) is 23.6. The smallest absolute Gasteiger partial charge is 0.243 e. The van der Waals surface area contributed by atoms with Crippen molar-refractivity contribution in [3.8, 4) is 0 Å². The molecule has 0 heterocycles. The summed E-state index contributed by atoms with van der Waals surface area (Å²) in [4.78, 5) is 27.9. The number of carbonyl (C=O) groups excluding carboxylic acids is 2. The molecule has 9 heteroatoms. The maximum Gasteiger partial charge on any atom is 0.243 e. The van der Waals surface area contributed by atoms with Crippen LogP contribution in [0.25, 0.3) is 0 Å². The van der Waals surface area contributed by atoms with Crippen LogP contribution in [-0.2, 0) is 26.2 Å². The molecular formula is C27H38ClN3O4S. The van der Waals surface area contributed by atoms with E-state index >= 15 is 0 Å². The summed E-state index contributed by atoms with van der Waals surface area (Å²) < 4.78 is 26.4. The van der Waals surface area contributed by atoms with E-state index in [1.165, 1.54) is 4.31 Å². The van der Waals surface area contributed by atoms with E-state index in [0.717, 1.165) is 22.9 Å². The lowest BCUT2D eigenvalue weighted by Crippen LogP contribution is -2.50. The fourth-order valence-electron chi connectivity index (χ4n) is 3.99. The van der Waals surface area contributed by atoms with Crippen molar-refractivity contribution in [3.05, 3.63) is 64.2 Å². The summed E-state index contributed by atoms with van der Waals surface area (Å²) in [7, 11) is -3.54. The van der Waals surface area contributed by atoms with Crippen LogP contribution in [0.15, 0.2) is 42.5 Å². The Labute approximate surface area is 220 Å². The molecule has 2 amide bonds. The van der Waals surface area contributed by atoms with Crippen LogP contribution in [0, 0.1) is 13.8 Å². The van der Waals surface area contributed by atoms with Gasteiger partial charge in [0.05, 0.1) is 11.9 Å². The zero-order valence-electron chi connectivity index (χ0n) is 22.0. The average Bonchev–Trinajstić information content (AvgIpc) is 2.78. The van der Waals surface area contributed by atoms with E-state index in [-0.39, 0.29) is 37.4 Å². The quantitative estimate of drug-likeness (QED) is 0.421. The Hall–Kier alpha value is -2.58. The molecule has 0 aromatic heterocycles. The number of benzene rings is 2. The molecule has 1 N–H and O–H groups in total. The first kappa shape index (κ1) is 29.6. The van der Waals surface area contributed by atoms with Crippen molar-refractivity contribution in [1.82, 2.24) is 10.2 Å². The summed E-state index contributed by atoms with van der Waals surface area (Å²) >= 11 is 6.36. The predicted molar refractivity (Wildman–Crippen MR) is 147 cm³/mol. The Morgan fingerprint density at radius 3 is 2.28 bits per heavy atom. The first-order valence-corrected chi connectivity index (χ1v) is 14.5. The van der Waals surface area contributed by atoms with Gasteiger partial charge < -0.3 is 10.2 Å². The van der Waals surface area contributed by atoms with Crippen molar-refractivity contribution in [2.75, 3.05) is 17.1 Å². The molecule has 0 radical (unpaired) electrons. The number of amides is 2. The number of aryl methyl sites for hydroxylation is 2. The van der Waals surface area contributed by atoms with Gasteiger partial charge in [0.15, 0.2) is 0 Å². The van der Waals surface area contributed by atoms with Gasteiger partial charge in [-0.05, 0) is 75.4 Å². The number of halogens is 1. The van der Waals surface area contributed by atoms with E-state index in [0.29, 0.717) is 23.6 Å². The first-order valence-electron chi connectivity index (χ1n) is 12.2. The number of anilines is 1. The van der Waals surface area contributed by atoms with Crippen molar-refractivity contribution in [3.63, 3.8) is 0 Å². The summed E-state index contributed by atoms with van der Waals surface area (Å²) in [5.41, 5.74) is 3.38. The summed E-state index contributed by atoms with van der Waals surface area (Å²) in [6, 6.07) is 12.0. The van der Waals surface area contributed by atoms with E-state index in [2.05, 4.69) is 5.32 Å². The lowest BCUT2D eigenvalue weighted by atomic mass is 10.1. The molecule has 0 saturated heterocycles. The normalized spacial score (nSPS) is 12.3. The van der Waals surface area contributed by atoms with Gasteiger partial charge in [-0.25, -0.2) is 8.42 Å². The fourth-order valence-corrected chi connectivity index (χ4v) is 5.15. The summed E-state index contributed by atoms with van der Waals surface area (Å²) in [5.74, 6) is -0.449. The number of sulfonamides is 1. The minimum atomic E-state index is -3.54. The molecule has 1 unspecified atom stereocenters. The highest BCUT2D eigenvalue weighted by molar-refractivity contribution is 7.92. The van der Waals surface area contributed by atoms with Crippen LogP contribution in [0.4, 0.5) is 5.69 Å². The molecule has 7 nitrogen and oxygen atoms in total. The minimum absolute atomic E-state index is 0.0647. The largest absolute Gasteiger partial charge is 0.352 e. The molecule has 36 heavy (non-hydrogen) atoms. The maximum absolute atomic E-state index is 13.5. The van der Waals surface area contributed by atoms with E-state index in [9.17, 15) is 18.0 Å². The van der Waals surface area contributed by atoms with Crippen LogP contribution >= 0.6 is 11.6 Å². The average molecular weight is 536 g/mol. The molecular weight excluding hydrogens is 498 g/mol. The number of hydrogen-bond donors (Lipinski definition) is 1. The first-order chi connectivity index (χ1) is 16.8. The number of hydrogen-bond acceptors (Lipinski definition) is 4. The van der Waals surface area contributed by atoms with Crippen molar-refractivity contribution in [2.45, 2.75) is 72.5 Å². The highest BCUT2D eigenvalue weighted by atomic mass is 35.5. The maximum atomic E-state index is 13.5. The van der Waals surface area contributed by atoms with Gasteiger partial charge in [-0.3, -0.25) is 13.9 Å². The summed E-state index contributed by atoms with van der Waals surface area (Å²) in [6.07, 6.45) is 2.00. The molecule has 2 rings (SSSR count). The highest BCUT2D eigenvalue weighted by Crippen LogP contribution is 2.23. The monoisotopic (exact) mass is 535 g/mol. The third kappa shape index (κ3) is 8.23. The predicted octanol–water partition coefficient (Wildman–Crippen LogP) is 4.84. The van der Waals surface area contributed by atoms with E-state index < -0.39 is 16.1 Å². The summed E-state index contributed by atoms with van der Waals surface area (Å²) in [6.45, 7) is 9.85. The Bertz CT molecular complexity index is 1170. The highest BCUT2D eigenvalue weighted by Gasteiger charge is 2.29. The van der Waals surface area contributed by atoms with Crippen LogP contribution in [0.5, 0.6) is 0 Å². The van der Waals surface area contributed by atoms with Gasteiger partial charge in [0.25, 0.3) is 0 Å². The van der Waals surface area contributed by atoms with Gasteiger partial charge in [-0.1, -0.05) is 42.8 Å². The van der Waals surface area contributed by atoms with E-state index in [1.807, 2.05) is 65.0 Å². The Morgan fingerprint density at radius 1 is 1.06 bits per heavy atom. The van der Waals surface area contributed by atoms with E-state index in [1.54, 1.807) is 17.0 Å². The SMILES string of the molecule is CCC(C(=O)NC(C)C)N(Cc1ccccc1Cl)C(=O)CCCN(c1ccc(C)c(C)c1)S(C)(=O)=O. The molecule has 0 aliphatic heterocycles. The van der Waals surface area contributed by atoms with Crippen molar-refractivity contribution in [1.29, 1.82) is 0 Å². The molecule has 198 valence electrons. The van der Waals surface area contributed by atoms with E-state index in [4.69, 9.17) is 11.6 Å². The molecule has 0 bridgehead atoms. The van der Waals surface area contributed by atoms with Gasteiger partial charge in [-0.2, -0.15) is 0 Å². The van der Waals surface area contributed by atoms with Gasteiger partial charge >= 0.3 is 0 Å². The van der Waals surface area contributed by atoms with Crippen LogP contribution in [0.2, 0.25) is 5.02 Å². The lowest BCUT2D eigenvalue weighted by Gasteiger charge is -2.32. The van der Waals surface area contributed by atoms with Gasteiger partial charge in [0, 0.05) is 30.6 Å². The topological polar surface area (TPSA) is 86.8 Å². The Morgan fingerprint density at radius 2 is 1.72 bits per heavy atom. The van der Waals surface area contributed by atoms with Gasteiger partial charge in [0.1, 0.15) is 6.04 Å². The standard InChI is InChI=1S/C27H38ClN3O4S/c1-7-25(27(33)29-19(2)3)30(18-22-11-8-9-12-24(22)28)26(32)13-10-16-31(36(6,34)35)23-15-14-20(4)21(5)17-23/h8-9,11-12,14-15,17,19,25H,7,10,13,16,18H2,1-6H3,(H,29,33). The van der Waals surface area contributed by atoms with Crippen molar-refractivity contribution < 1.29 is 18.0 Å². The summed E-state index contributed by atoms with van der Waals surface area (Å²) in [5, 5.41) is 3.42. The molecule has 0 fully saturated rings. The third-order valence-electron chi connectivity index (χ3n) is 6.05.